The van der Waals surface area contributed by atoms with Gasteiger partial charge in [0.1, 0.15) is 5.75 Å². The van der Waals surface area contributed by atoms with Gasteiger partial charge in [-0.25, -0.2) is 4.68 Å². The zero-order valence-corrected chi connectivity index (χ0v) is 13.7. The Kier molecular flexibility index (Phi) is 5.25. The molecule has 122 valence electrons. The maximum Gasteiger partial charge on any atom is 0.416 e. The van der Waals surface area contributed by atoms with Crippen molar-refractivity contribution >= 4 is 22.6 Å². The Bertz CT molecular complexity index is 784. The van der Waals surface area contributed by atoms with Gasteiger partial charge in [0.05, 0.1) is 18.1 Å². The highest BCUT2D eigenvalue weighted by Gasteiger charge is 2.31. The summed E-state index contributed by atoms with van der Waals surface area (Å²) < 4.78 is 45.1. The van der Waals surface area contributed by atoms with Crippen molar-refractivity contribution in [2.24, 2.45) is 10.1 Å². The van der Waals surface area contributed by atoms with Crippen LogP contribution in [-0.2, 0) is 6.18 Å². The van der Waals surface area contributed by atoms with Crippen LogP contribution in [0.3, 0.4) is 0 Å². The molecule has 0 aliphatic rings. The zero-order chi connectivity index (χ0) is 17.0. The van der Waals surface area contributed by atoms with Crippen LogP contribution in [0.5, 0.6) is 5.75 Å². The van der Waals surface area contributed by atoms with E-state index >= 15 is 0 Å². The maximum atomic E-state index is 12.8. The number of benzene rings is 1. The molecule has 0 atom stereocenters. The van der Waals surface area contributed by atoms with Crippen molar-refractivity contribution in [1.29, 1.82) is 0 Å². The third-order valence-electron chi connectivity index (χ3n) is 3.13. The first kappa shape index (κ1) is 17.3. The molecule has 23 heavy (non-hydrogen) atoms. The number of rotatable bonds is 4. The van der Waals surface area contributed by atoms with Gasteiger partial charge in [0.15, 0.2) is 5.49 Å². The van der Waals surface area contributed by atoms with Gasteiger partial charge in [0, 0.05) is 24.0 Å². The standard InChI is InChI=1S/C15H13BrF3N3O/c1-20-22-7-3-4-12(14(22)21-9-16)11-6-5-10(15(17,18)19)8-13(11)23-2/h3-8H,1,9H2,2H3/b21-14-. The number of aromatic nitrogens is 1. The molecule has 0 unspecified atom stereocenters. The number of nitrogens with zero attached hydrogens (tertiary/aromatic N) is 3. The van der Waals surface area contributed by atoms with Gasteiger partial charge in [0.2, 0.25) is 0 Å². The fourth-order valence-corrected chi connectivity index (χ4v) is 2.36. The molecule has 1 heterocycles. The minimum Gasteiger partial charge on any atom is -0.496 e. The minimum atomic E-state index is -4.44. The molecule has 0 aliphatic heterocycles. The van der Waals surface area contributed by atoms with Gasteiger partial charge in [0.25, 0.3) is 0 Å². The summed E-state index contributed by atoms with van der Waals surface area (Å²) in [5.74, 6) is 0.104. The average molecular weight is 388 g/mol. The van der Waals surface area contributed by atoms with E-state index in [1.807, 2.05) is 0 Å². The number of hydrogen-bond donors (Lipinski definition) is 0. The summed E-state index contributed by atoms with van der Waals surface area (Å²) >= 11 is 3.21. The second-order valence-corrected chi connectivity index (χ2v) is 4.92. The van der Waals surface area contributed by atoms with Crippen molar-refractivity contribution in [3.63, 3.8) is 0 Å². The van der Waals surface area contributed by atoms with Crippen LogP contribution in [0.15, 0.2) is 46.6 Å². The Morgan fingerprint density at radius 2 is 2.00 bits per heavy atom. The zero-order valence-electron chi connectivity index (χ0n) is 12.1. The molecular weight excluding hydrogens is 375 g/mol. The first-order chi connectivity index (χ1) is 10.9. The van der Waals surface area contributed by atoms with E-state index < -0.39 is 11.7 Å². The van der Waals surface area contributed by atoms with Crippen LogP contribution in [0.4, 0.5) is 13.2 Å². The van der Waals surface area contributed by atoms with E-state index in [4.69, 9.17) is 4.74 Å². The number of hydrogen-bond acceptors (Lipinski definition) is 3. The van der Waals surface area contributed by atoms with Gasteiger partial charge < -0.3 is 4.74 Å². The molecule has 0 aliphatic carbocycles. The minimum absolute atomic E-state index is 0.104. The average Bonchev–Trinajstić information content (AvgIpc) is 2.54. The molecule has 0 fully saturated rings. The monoisotopic (exact) mass is 387 g/mol. The predicted octanol–water partition coefficient (Wildman–Crippen LogP) is 3.90. The predicted molar refractivity (Wildman–Crippen MR) is 85.7 cm³/mol. The van der Waals surface area contributed by atoms with Crippen LogP contribution in [0.25, 0.3) is 11.1 Å². The van der Waals surface area contributed by atoms with Crippen molar-refractivity contribution < 1.29 is 17.9 Å². The second-order valence-electron chi connectivity index (χ2n) is 4.42. The van der Waals surface area contributed by atoms with Gasteiger partial charge in [-0.05, 0) is 30.3 Å². The number of pyridine rings is 1. The summed E-state index contributed by atoms with van der Waals surface area (Å²) in [6, 6.07) is 6.76. The molecule has 0 N–H and O–H groups in total. The molecule has 0 spiro atoms. The third kappa shape index (κ3) is 3.64. The lowest BCUT2D eigenvalue weighted by Gasteiger charge is -2.14. The van der Waals surface area contributed by atoms with Gasteiger partial charge in [-0.2, -0.15) is 18.3 Å². The summed E-state index contributed by atoms with van der Waals surface area (Å²) in [6.07, 6.45) is -2.79. The number of halogens is 4. The summed E-state index contributed by atoms with van der Waals surface area (Å²) in [6.45, 7) is 3.46. The number of ether oxygens (including phenoxy) is 1. The van der Waals surface area contributed by atoms with Crippen LogP contribution >= 0.6 is 15.9 Å². The van der Waals surface area contributed by atoms with Gasteiger partial charge in [-0.1, -0.05) is 15.9 Å². The van der Waals surface area contributed by atoms with E-state index in [-0.39, 0.29) is 5.75 Å². The van der Waals surface area contributed by atoms with E-state index in [1.54, 1.807) is 18.3 Å². The molecule has 0 saturated heterocycles. The third-order valence-corrected chi connectivity index (χ3v) is 3.38. The van der Waals surface area contributed by atoms with Crippen molar-refractivity contribution in [3.05, 3.63) is 47.6 Å². The number of alkyl halides is 4. The molecule has 0 saturated carbocycles. The van der Waals surface area contributed by atoms with Crippen molar-refractivity contribution in [1.82, 2.24) is 4.68 Å². The lowest BCUT2D eigenvalue weighted by molar-refractivity contribution is -0.137. The van der Waals surface area contributed by atoms with E-state index in [0.717, 1.165) is 12.1 Å². The Hall–Kier alpha value is -2.09. The quantitative estimate of drug-likeness (QED) is 0.445. The molecule has 2 rings (SSSR count). The van der Waals surface area contributed by atoms with Gasteiger partial charge in [-0.15, -0.1) is 0 Å². The smallest absolute Gasteiger partial charge is 0.416 e. The highest BCUT2D eigenvalue weighted by molar-refractivity contribution is 9.09. The first-order valence-corrected chi connectivity index (χ1v) is 7.55. The molecule has 1 aromatic carbocycles. The highest BCUT2D eigenvalue weighted by Crippen LogP contribution is 2.36. The molecule has 0 amide bonds. The summed E-state index contributed by atoms with van der Waals surface area (Å²) in [4.78, 5) is 4.27. The fourth-order valence-electron chi connectivity index (χ4n) is 2.12. The van der Waals surface area contributed by atoms with Crippen molar-refractivity contribution in [3.8, 4) is 16.9 Å². The molecule has 0 radical (unpaired) electrons. The van der Waals surface area contributed by atoms with Crippen molar-refractivity contribution in [2.45, 2.75) is 6.18 Å². The van der Waals surface area contributed by atoms with Crippen molar-refractivity contribution in [2.75, 3.05) is 12.6 Å². The lowest BCUT2D eigenvalue weighted by Crippen LogP contribution is -2.19. The fraction of sp³-hybridized carbons (Fsp3) is 0.200. The topological polar surface area (TPSA) is 38.9 Å². The molecule has 8 heteroatoms. The van der Waals surface area contributed by atoms with Gasteiger partial charge in [-0.3, -0.25) is 4.99 Å². The Morgan fingerprint density at radius 3 is 2.57 bits per heavy atom. The largest absolute Gasteiger partial charge is 0.496 e. The van der Waals surface area contributed by atoms with E-state index in [9.17, 15) is 13.2 Å². The molecule has 4 nitrogen and oxygen atoms in total. The second kappa shape index (κ2) is 6.99. The Balaban J connectivity index is 2.73. The summed E-state index contributed by atoms with van der Waals surface area (Å²) in [7, 11) is 1.32. The summed E-state index contributed by atoms with van der Waals surface area (Å²) in [5.41, 5.74) is 1.06. The molecular formula is C15H13BrF3N3O. The molecule has 2 aromatic rings. The highest BCUT2D eigenvalue weighted by atomic mass is 79.9. The van der Waals surface area contributed by atoms with Crippen LogP contribution in [-0.4, -0.2) is 24.0 Å². The van der Waals surface area contributed by atoms with Gasteiger partial charge >= 0.3 is 6.18 Å². The van der Waals surface area contributed by atoms with E-state index in [1.165, 1.54) is 17.9 Å². The SMILES string of the molecule is C=Nn1cccc(-c2ccc(C(F)(F)F)cc2OC)/c1=N/CBr. The Labute approximate surface area is 139 Å². The Morgan fingerprint density at radius 1 is 1.26 bits per heavy atom. The van der Waals surface area contributed by atoms with E-state index in [2.05, 4.69) is 32.7 Å². The first-order valence-electron chi connectivity index (χ1n) is 6.43. The normalized spacial score (nSPS) is 12.3. The van der Waals surface area contributed by atoms with Crippen LogP contribution in [0.1, 0.15) is 5.56 Å². The summed E-state index contributed by atoms with van der Waals surface area (Å²) in [5, 5.41) is 3.82. The molecule has 1 aromatic heterocycles. The van der Waals surface area contributed by atoms with Crippen LogP contribution in [0.2, 0.25) is 0 Å². The maximum absolute atomic E-state index is 12.8. The van der Waals surface area contributed by atoms with Crippen LogP contribution in [0, 0.1) is 0 Å². The molecule has 0 bridgehead atoms. The lowest BCUT2D eigenvalue weighted by atomic mass is 10.0. The van der Waals surface area contributed by atoms with E-state index in [0.29, 0.717) is 22.1 Å². The number of methoxy groups -OCH3 is 1. The van der Waals surface area contributed by atoms with Crippen LogP contribution < -0.4 is 10.2 Å².